The van der Waals surface area contributed by atoms with Crippen LogP contribution < -0.4 is 4.90 Å². The van der Waals surface area contributed by atoms with Gasteiger partial charge >= 0.3 is 0 Å². The summed E-state index contributed by atoms with van der Waals surface area (Å²) >= 11 is 0. The number of aryl methyl sites for hydroxylation is 1. The smallest absolute Gasteiger partial charge is 0.128 e. The zero-order valence-corrected chi connectivity index (χ0v) is 14.9. The molecule has 5 nitrogen and oxygen atoms in total. The van der Waals surface area contributed by atoms with E-state index < -0.39 is 0 Å². The van der Waals surface area contributed by atoms with Crippen molar-refractivity contribution in [2.45, 2.75) is 12.8 Å². The molecule has 1 N–H and O–H groups in total. The molecule has 132 valence electrons. The Bertz CT molecular complexity index is 901. The molecule has 3 heterocycles. The van der Waals surface area contributed by atoms with E-state index in [9.17, 15) is 0 Å². The summed E-state index contributed by atoms with van der Waals surface area (Å²) in [5.74, 6) is 1.08. The van der Waals surface area contributed by atoms with E-state index in [4.69, 9.17) is 5.26 Å². The second-order valence-corrected chi connectivity index (χ2v) is 6.81. The summed E-state index contributed by atoms with van der Waals surface area (Å²) in [6.07, 6.45) is 6.12. The molecule has 0 saturated carbocycles. The first-order valence-corrected chi connectivity index (χ1v) is 9.22. The number of nitrogens with one attached hydrogen (secondary N) is 1. The lowest BCUT2D eigenvalue weighted by molar-refractivity contribution is 0.254. The van der Waals surface area contributed by atoms with Crippen molar-refractivity contribution in [3.63, 3.8) is 0 Å². The number of hydrogen-bond donors (Lipinski definition) is 1. The molecule has 1 aliphatic rings. The van der Waals surface area contributed by atoms with E-state index in [2.05, 4.69) is 38.1 Å². The Labute approximate surface area is 153 Å². The first kappa shape index (κ1) is 16.6. The van der Waals surface area contributed by atoms with Gasteiger partial charge in [0, 0.05) is 49.5 Å². The fourth-order valence-corrected chi connectivity index (χ4v) is 3.69. The number of aromatic amines is 1. The maximum Gasteiger partial charge on any atom is 0.128 e. The highest BCUT2D eigenvalue weighted by Crippen LogP contribution is 2.21. The predicted molar refractivity (Wildman–Crippen MR) is 104 cm³/mol. The van der Waals surface area contributed by atoms with Crippen molar-refractivity contribution in [1.29, 1.82) is 5.26 Å². The number of H-pyrrole nitrogens is 1. The molecule has 0 amide bonds. The van der Waals surface area contributed by atoms with Crippen LogP contribution in [0.3, 0.4) is 0 Å². The lowest BCUT2D eigenvalue weighted by Gasteiger charge is -2.35. The average Bonchev–Trinajstić information content (AvgIpc) is 3.11. The molecular weight excluding hydrogens is 322 g/mol. The standard InChI is InChI=1S/C21H23N5/c22-15-17-6-7-20-19(14-17)18(16-24-20)4-3-9-25-10-12-26(13-11-25)21-5-1-2-8-23-21/h1-2,5-8,14,16,24H,3-4,9-13H2. The summed E-state index contributed by atoms with van der Waals surface area (Å²) < 4.78 is 0. The van der Waals surface area contributed by atoms with E-state index in [1.807, 2.05) is 36.5 Å². The number of rotatable bonds is 5. The van der Waals surface area contributed by atoms with Gasteiger partial charge in [-0.3, -0.25) is 4.90 Å². The van der Waals surface area contributed by atoms with Crippen LogP contribution in [-0.4, -0.2) is 47.6 Å². The summed E-state index contributed by atoms with van der Waals surface area (Å²) in [4.78, 5) is 12.7. The van der Waals surface area contributed by atoms with Crippen LogP contribution in [0, 0.1) is 11.3 Å². The number of fused-ring (bicyclic) bond motifs is 1. The Morgan fingerprint density at radius 1 is 1.12 bits per heavy atom. The van der Waals surface area contributed by atoms with Gasteiger partial charge in [-0.15, -0.1) is 0 Å². The first-order chi connectivity index (χ1) is 12.8. The lowest BCUT2D eigenvalue weighted by Crippen LogP contribution is -2.46. The normalized spacial score (nSPS) is 15.3. The molecular formula is C21H23N5. The fraction of sp³-hybridized carbons (Fsp3) is 0.333. The SMILES string of the molecule is N#Cc1ccc2[nH]cc(CCCN3CCN(c4ccccn4)CC3)c2c1. The maximum absolute atomic E-state index is 9.10. The van der Waals surface area contributed by atoms with E-state index in [-0.39, 0.29) is 0 Å². The summed E-state index contributed by atoms with van der Waals surface area (Å²) in [7, 11) is 0. The third-order valence-corrected chi connectivity index (χ3v) is 5.16. The molecule has 0 spiro atoms. The van der Waals surface area contributed by atoms with Crippen LogP contribution in [0.4, 0.5) is 5.82 Å². The van der Waals surface area contributed by atoms with Gasteiger partial charge in [0.2, 0.25) is 0 Å². The molecule has 0 aliphatic carbocycles. The van der Waals surface area contributed by atoms with Crippen LogP contribution in [0.15, 0.2) is 48.8 Å². The van der Waals surface area contributed by atoms with E-state index in [1.54, 1.807) is 0 Å². The van der Waals surface area contributed by atoms with Gasteiger partial charge in [0.15, 0.2) is 0 Å². The van der Waals surface area contributed by atoms with Crippen LogP contribution in [0.1, 0.15) is 17.5 Å². The number of hydrogen-bond acceptors (Lipinski definition) is 4. The highest BCUT2D eigenvalue weighted by atomic mass is 15.3. The Morgan fingerprint density at radius 2 is 2.00 bits per heavy atom. The number of benzene rings is 1. The van der Waals surface area contributed by atoms with Crippen LogP contribution in [0.5, 0.6) is 0 Å². The largest absolute Gasteiger partial charge is 0.361 e. The summed E-state index contributed by atoms with van der Waals surface area (Å²) in [5.41, 5.74) is 3.15. The molecule has 0 unspecified atom stereocenters. The molecule has 26 heavy (non-hydrogen) atoms. The van der Waals surface area contributed by atoms with Crippen molar-refractivity contribution in [3.05, 3.63) is 59.9 Å². The van der Waals surface area contributed by atoms with Crippen LogP contribution in [0.25, 0.3) is 10.9 Å². The number of piperazine rings is 1. The average molecular weight is 345 g/mol. The zero-order valence-electron chi connectivity index (χ0n) is 14.9. The number of aromatic nitrogens is 2. The minimum atomic E-state index is 0.726. The van der Waals surface area contributed by atoms with Crippen molar-refractivity contribution in [2.24, 2.45) is 0 Å². The monoisotopic (exact) mass is 345 g/mol. The van der Waals surface area contributed by atoms with Crippen molar-refractivity contribution in [3.8, 4) is 6.07 Å². The van der Waals surface area contributed by atoms with Gasteiger partial charge in [-0.25, -0.2) is 4.98 Å². The summed E-state index contributed by atoms with van der Waals surface area (Å²) in [6, 6.07) is 14.2. The number of nitrogens with zero attached hydrogens (tertiary/aromatic N) is 4. The third kappa shape index (κ3) is 3.56. The van der Waals surface area contributed by atoms with Gasteiger partial charge in [0.05, 0.1) is 11.6 Å². The molecule has 1 aromatic carbocycles. The molecule has 0 bridgehead atoms. The molecule has 0 atom stereocenters. The summed E-state index contributed by atoms with van der Waals surface area (Å²) in [5, 5.41) is 10.3. The van der Waals surface area contributed by atoms with E-state index in [0.717, 1.165) is 62.5 Å². The highest BCUT2D eigenvalue weighted by Gasteiger charge is 2.17. The summed E-state index contributed by atoms with van der Waals surface area (Å²) in [6.45, 7) is 5.36. The van der Waals surface area contributed by atoms with Gasteiger partial charge in [0.25, 0.3) is 0 Å². The fourth-order valence-electron chi connectivity index (χ4n) is 3.69. The molecule has 5 heteroatoms. The van der Waals surface area contributed by atoms with Crippen molar-refractivity contribution in [2.75, 3.05) is 37.6 Å². The Morgan fingerprint density at radius 3 is 2.77 bits per heavy atom. The van der Waals surface area contributed by atoms with Crippen LogP contribution in [-0.2, 0) is 6.42 Å². The van der Waals surface area contributed by atoms with Crippen LogP contribution in [0.2, 0.25) is 0 Å². The highest BCUT2D eigenvalue weighted by molar-refractivity contribution is 5.84. The predicted octanol–water partition coefficient (Wildman–Crippen LogP) is 3.19. The second-order valence-electron chi connectivity index (χ2n) is 6.81. The minimum absolute atomic E-state index is 0.726. The van der Waals surface area contributed by atoms with Crippen molar-refractivity contribution >= 4 is 16.7 Å². The first-order valence-electron chi connectivity index (χ1n) is 9.22. The maximum atomic E-state index is 9.10. The van der Waals surface area contributed by atoms with Gasteiger partial charge < -0.3 is 9.88 Å². The second kappa shape index (κ2) is 7.59. The van der Waals surface area contributed by atoms with Gasteiger partial charge in [-0.2, -0.15) is 5.26 Å². The lowest BCUT2D eigenvalue weighted by atomic mass is 10.1. The Hall–Kier alpha value is -2.84. The van der Waals surface area contributed by atoms with E-state index >= 15 is 0 Å². The molecule has 2 aromatic heterocycles. The van der Waals surface area contributed by atoms with Gasteiger partial charge in [-0.1, -0.05) is 6.07 Å². The zero-order chi connectivity index (χ0) is 17.8. The third-order valence-electron chi connectivity index (χ3n) is 5.16. The molecule has 4 rings (SSSR count). The van der Waals surface area contributed by atoms with E-state index in [0.29, 0.717) is 0 Å². The number of pyridine rings is 1. The quantitative estimate of drug-likeness (QED) is 0.771. The topological polar surface area (TPSA) is 59.0 Å². The molecule has 1 aliphatic heterocycles. The number of anilines is 1. The molecule has 1 saturated heterocycles. The Kier molecular flexibility index (Phi) is 4.85. The number of nitriles is 1. The molecule has 1 fully saturated rings. The minimum Gasteiger partial charge on any atom is -0.361 e. The molecule has 0 radical (unpaired) electrons. The molecule has 3 aromatic rings. The van der Waals surface area contributed by atoms with E-state index in [1.165, 1.54) is 10.9 Å². The van der Waals surface area contributed by atoms with Crippen molar-refractivity contribution in [1.82, 2.24) is 14.9 Å². The van der Waals surface area contributed by atoms with Gasteiger partial charge in [0.1, 0.15) is 5.82 Å². The van der Waals surface area contributed by atoms with Crippen molar-refractivity contribution < 1.29 is 0 Å². The Balaban J connectivity index is 1.29. The van der Waals surface area contributed by atoms with Gasteiger partial charge in [-0.05, 0) is 55.3 Å². The van der Waals surface area contributed by atoms with Crippen LogP contribution >= 0.6 is 0 Å².